The van der Waals surface area contributed by atoms with Crippen molar-refractivity contribution in [1.29, 1.82) is 0 Å². The highest BCUT2D eigenvalue weighted by Crippen LogP contribution is 2.46. The van der Waals surface area contributed by atoms with Crippen LogP contribution in [0.2, 0.25) is 0 Å². The van der Waals surface area contributed by atoms with Gasteiger partial charge in [0.05, 0.1) is 16.8 Å². The monoisotopic (exact) mass is 260 g/mol. The Balaban J connectivity index is 2.02. The number of aromatic nitrogens is 4. The van der Waals surface area contributed by atoms with E-state index >= 15 is 0 Å². The number of fused-ring (bicyclic) bond motifs is 4. The van der Waals surface area contributed by atoms with Crippen LogP contribution in [0.25, 0.3) is 0 Å². The Morgan fingerprint density at radius 1 is 0.737 bits per heavy atom. The summed E-state index contributed by atoms with van der Waals surface area (Å²) in [6.45, 7) is 0. The first-order valence-corrected chi connectivity index (χ1v) is 6.82. The Hall–Kier alpha value is -1.98. The van der Waals surface area contributed by atoms with Gasteiger partial charge >= 0.3 is 0 Å². The van der Waals surface area contributed by atoms with Crippen LogP contribution in [-0.4, -0.2) is 20.4 Å². The first-order chi connectivity index (χ1) is 9.22. The van der Waals surface area contributed by atoms with Crippen molar-refractivity contribution in [3.63, 3.8) is 0 Å². The van der Waals surface area contributed by atoms with E-state index in [9.17, 15) is 9.59 Å². The molecule has 2 aliphatic rings. The zero-order valence-electron chi connectivity index (χ0n) is 10.6. The largest absolute Gasteiger partial charge is 0.301 e. The molecule has 0 radical (unpaired) electrons. The molecule has 0 aliphatic heterocycles. The fraction of sp³-hybridized carbons (Fsp3) is 0.538. The van der Waals surface area contributed by atoms with Gasteiger partial charge in [-0.2, -0.15) is 0 Å². The zero-order valence-corrected chi connectivity index (χ0v) is 10.6. The Kier molecular flexibility index (Phi) is 2.02. The van der Waals surface area contributed by atoms with Gasteiger partial charge in [-0.15, -0.1) is 0 Å². The molecule has 6 heteroatoms. The summed E-state index contributed by atoms with van der Waals surface area (Å²) in [7, 11) is 0. The smallest absolute Gasteiger partial charge is 0.267 e. The van der Waals surface area contributed by atoms with E-state index in [1.54, 1.807) is 0 Å². The molecule has 2 aromatic heterocycles. The first-order valence-electron chi connectivity index (χ1n) is 6.82. The molecule has 1 spiro atoms. The number of rotatable bonds is 0. The van der Waals surface area contributed by atoms with Crippen LogP contribution in [-0.2, 0) is 18.3 Å². The number of hydrogen-bond acceptors (Lipinski definition) is 2. The minimum atomic E-state index is -0.209. The molecule has 0 atom stereocenters. The maximum absolute atomic E-state index is 11.8. The molecule has 0 aromatic carbocycles. The van der Waals surface area contributed by atoms with E-state index < -0.39 is 0 Å². The van der Waals surface area contributed by atoms with Crippen molar-refractivity contribution in [2.24, 2.45) is 0 Å². The molecule has 0 saturated heterocycles. The van der Waals surface area contributed by atoms with Crippen LogP contribution in [0, 0.1) is 0 Å². The molecule has 4 rings (SSSR count). The van der Waals surface area contributed by atoms with Crippen molar-refractivity contribution in [3.8, 4) is 0 Å². The van der Waals surface area contributed by atoms with Gasteiger partial charge in [0.1, 0.15) is 0 Å². The molecular formula is C13H16N4O2. The summed E-state index contributed by atoms with van der Waals surface area (Å²) in [6.07, 6.45) is 5.57. The second kappa shape index (κ2) is 3.53. The second-order valence-electron chi connectivity index (χ2n) is 5.65. The highest BCUT2D eigenvalue weighted by Gasteiger charge is 2.45. The van der Waals surface area contributed by atoms with Gasteiger partial charge in [-0.25, -0.2) is 0 Å². The van der Waals surface area contributed by atoms with Gasteiger partial charge in [0.15, 0.2) is 0 Å². The van der Waals surface area contributed by atoms with E-state index in [4.69, 9.17) is 0 Å². The van der Waals surface area contributed by atoms with Crippen LogP contribution in [0.3, 0.4) is 0 Å². The molecule has 0 bridgehead atoms. The van der Waals surface area contributed by atoms with Crippen LogP contribution in [0.1, 0.15) is 48.2 Å². The molecule has 0 amide bonds. The lowest BCUT2D eigenvalue weighted by molar-refractivity contribution is 0.350. The lowest BCUT2D eigenvalue weighted by Gasteiger charge is -2.39. The summed E-state index contributed by atoms with van der Waals surface area (Å²) in [5, 5.41) is 11.5. The minimum Gasteiger partial charge on any atom is -0.301 e. The molecule has 0 fully saturated rings. The Morgan fingerprint density at radius 3 is 1.68 bits per heavy atom. The van der Waals surface area contributed by atoms with Crippen LogP contribution < -0.4 is 11.1 Å². The maximum atomic E-state index is 11.8. The van der Waals surface area contributed by atoms with E-state index in [1.807, 2.05) is 0 Å². The summed E-state index contributed by atoms with van der Waals surface area (Å²) in [5.41, 5.74) is 3.46. The molecule has 100 valence electrons. The molecule has 2 aromatic rings. The summed E-state index contributed by atoms with van der Waals surface area (Å²) >= 11 is 0. The third kappa shape index (κ3) is 1.26. The van der Waals surface area contributed by atoms with Crippen molar-refractivity contribution in [2.45, 2.75) is 43.9 Å². The van der Waals surface area contributed by atoms with E-state index in [2.05, 4.69) is 20.4 Å². The second-order valence-corrected chi connectivity index (χ2v) is 5.65. The highest BCUT2D eigenvalue weighted by molar-refractivity contribution is 5.42. The topological polar surface area (TPSA) is 97.3 Å². The third-order valence-corrected chi connectivity index (χ3v) is 4.77. The minimum absolute atomic E-state index is 0.0147. The van der Waals surface area contributed by atoms with Gasteiger partial charge < -0.3 is 10.2 Å². The lowest BCUT2D eigenvalue weighted by atomic mass is 9.65. The predicted molar refractivity (Wildman–Crippen MR) is 69.5 cm³/mol. The standard InChI is InChI=1S/C13H16N4O2/c18-11-7-3-1-5-13(9(7)14-16-11)6-2-4-8-10(13)15-17-12(8)19/h1-6H2,(H2,14,16,18)(H2,15,17,19). The van der Waals surface area contributed by atoms with Crippen LogP contribution >= 0.6 is 0 Å². The van der Waals surface area contributed by atoms with E-state index in [0.29, 0.717) is 0 Å². The Bertz CT molecular complexity index is 681. The van der Waals surface area contributed by atoms with Crippen molar-refractivity contribution in [3.05, 3.63) is 43.2 Å². The average molecular weight is 260 g/mol. The number of hydrogen-bond donors (Lipinski definition) is 4. The highest BCUT2D eigenvalue weighted by atomic mass is 16.1. The predicted octanol–water partition coefficient (Wildman–Crippen LogP) is 0.678. The van der Waals surface area contributed by atoms with Gasteiger partial charge in [-0.3, -0.25) is 19.8 Å². The normalized spacial score (nSPS) is 20.2. The SMILES string of the molecule is O=c1[nH][nH]c2c1CCCC21CCCc2c1[nH][nH]c2=O. The molecule has 0 unspecified atom stereocenters. The summed E-state index contributed by atoms with van der Waals surface area (Å²) in [4.78, 5) is 23.7. The van der Waals surface area contributed by atoms with Crippen LogP contribution in [0.5, 0.6) is 0 Å². The fourth-order valence-corrected chi connectivity index (χ4v) is 3.95. The fourth-order valence-electron chi connectivity index (χ4n) is 3.95. The Labute approximate surface area is 108 Å². The van der Waals surface area contributed by atoms with Crippen molar-refractivity contribution in [1.82, 2.24) is 20.4 Å². The van der Waals surface area contributed by atoms with Crippen molar-refractivity contribution < 1.29 is 0 Å². The number of nitrogens with one attached hydrogen (secondary N) is 4. The van der Waals surface area contributed by atoms with Gasteiger partial charge in [-0.1, -0.05) is 0 Å². The first kappa shape index (κ1) is 10.9. The van der Waals surface area contributed by atoms with Crippen LogP contribution in [0.4, 0.5) is 0 Å². The average Bonchev–Trinajstić information content (AvgIpc) is 2.97. The van der Waals surface area contributed by atoms with Gasteiger partial charge in [-0.05, 0) is 38.5 Å². The van der Waals surface area contributed by atoms with E-state index in [1.165, 1.54) is 0 Å². The van der Waals surface area contributed by atoms with E-state index in [-0.39, 0.29) is 16.5 Å². The Morgan fingerprint density at radius 2 is 1.21 bits per heavy atom. The number of aromatic amines is 4. The molecule has 6 nitrogen and oxygen atoms in total. The summed E-state index contributed by atoms with van der Waals surface area (Å²) in [5.74, 6) is 0. The summed E-state index contributed by atoms with van der Waals surface area (Å²) in [6, 6.07) is 0. The third-order valence-electron chi connectivity index (χ3n) is 4.77. The van der Waals surface area contributed by atoms with Crippen LogP contribution in [0.15, 0.2) is 9.59 Å². The summed E-state index contributed by atoms with van der Waals surface area (Å²) < 4.78 is 0. The van der Waals surface area contributed by atoms with Gasteiger partial charge in [0.2, 0.25) is 0 Å². The van der Waals surface area contributed by atoms with Crippen molar-refractivity contribution in [2.75, 3.05) is 0 Å². The molecule has 4 N–H and O–H groups in total. The molecular weight excluding hydrogens is 244 g/mol. The quantitative estimate of drug-likeness (QED) is 0.560. The zero-order chi connectivity index (χ0) is 13.0. The lowest BCUT2D eigenvalue weighted by Crippen LogP contribution is -2.37. The maximum Gasteiger partial charge on any atom is 0.267 e. The molecule has 2 aliphatic carbocycles. The molecule has 0 saturated carbocycles. The van der Waals surface area contributed by atoms with Gasteiger partial charge in [0.25, 0.3) is 11.1 Å². The van der Waals surface area contributed by atoms with Gasteiger partial charge in [0, 0.05) is 11.1 Å². The van der Waals surface area contributed by atoms with E-state index in [0.717, 1.165) is 61.0 Å². The van der Waals surface area contributed by atoms with Crippen molar-refractivity contribution >= 4 is 0 Å². The number of H-pyrrole nitrogens is 4. The molecule has 2 heterocycles. The molecule has 19 heavy (non-hydrogen) atoms.